The number of carbonyl (C=O) groups excluding carboxylic acids is 1. The summed E-state index contributed by atoms with van der Waals surface area (Å²) < 4.78 is 6.79. The van der Waals surface area contributed by atoms with Crippen molar-refractivity contribution in [2.24, 2.45) is 0 Å². The van der Waals surface area contributed by atoms with E-state index >= 15 is 0 Å². The largest absolute Gasteiger partial charge is 0.480 e. The zero-order chi connectivity index (χ0) is 17.2. The van der Waals surface area contributed by atoms with Gasteiger partial charge in [0.1, 0.15) is 17.7 Å². The Morgan fingerprint density at radius 1 is 1.36 bits per heavy atom. The van der Waals surface area contributed by atoms with Crippen molar-refractivity contribution >= 4 is 17.4 Å². The molecule has 0 aliphatic carbocycles. The van der Waals surface area contributed by atoms with Gasteiger partial charge >= 0.3 is 0 Å². The van der Waals surface area contributed by atoms with Gasteiger partial charge in [0.05, 0.1) is 7.11 Å². The van der Waals surface area contributed by atoms with E-state index in [0.29, 0.717) is 23.6 Å². The lowest BCUT2D eigenvalue weighted by atomic mass is 10.2. The highest BCUT2D eigenvalue weighted by molar-refractivity contribution is 5.96. The molecule has 1 fully saturated rings. The molecule has 1 saturated heterocycles. The van der Waals surface area contributed by atoms with E-state index in [9.17, 15) is 4.79 Å². The van der Waals surface area contributed by atoms with Crippen molar-refractivity contribution < 1.29 is 9.53 Å². The van der Waals surface area contributed by atoms with E-state index in [1.54, 1.807) is 29.2 Å². The molecule has 1 aliphatic heterocycles. The Labute approximate surface area is 143 Å². The molecule has 1 N–H and O–H groups in total. The van der Waals surface area contributed by atoms with Crippen LogP contribution < -0.4 is 15.0 Å². The zero-order valence-electron chi connectivity index (χ0n) is 13.7. The Morgan fingerprint density at radius 2 is 2.28 bits per heavy atom. The van der Waals surface area contributed by atoms with Crippen molar-refractivity contribution in [2.45, 2.75) is 12.5 Å². The Balaban J connectivity index is 1.44. The number of ether oxygens (including phenoxy) is 1. The van der Waals surface area contributed by atoms with Gasteiger partial charge in [0.15, 0.2) is 5.65 Å². The van der Waals surface area contributed by atoms with Crippen LogP contribution in [0.5, 0.6) is 5.88 Å². The van der Waals surface area contributed by atoms with Crippen molar-refractivity contribution in [3.63, 3.8) is 0 Å². The normalized spacial score (nSPS) is 17.0. The number of nitrogens with zero attached hydrogens (tertiary/aromatic N) is 6. The van der Waals surface area contributed by atoms with E-state index in [-0.39, 0.29) is 11.9 Å². The maximum atomic E-state index is 12.5. The third kappa shape index (κ3) is 2.95. The molecule has 0 spiro atoms. The van der Waals surface area contributed by atoms with Crippen LogP contribution in [-0.2, 0) is 0 Å². The van der Waals surface area contributed by atoms with Crippen LogP contribution in [0.1, 0.15) is 16.8 Å². The number of aromatic nitrogens is 5. The summed E-state index contributed by atoms with van der Waals surface area (Å²) in [4.78, 5) is 18.7. The molecule has 1 amide bonds. The molecular formula is C16H17N7O2. The average Bonchev–Trinajstić information content (AvgIpc) is 3.30. The summed E-state index contributed by atoms with van der Waals surface area (Å²) in [6.07, 6.45) is 4.01. The molecule has 9 nitrogen and oxygen atoms in total. The number of rotatable bonds is 4. The van der Waals surface area contributed by atoms with Crippen LogP contribution >= 0.6 is 0 Å². The number of carbonyl (C=O) groups is 1. The molecule has 128 valence electrons. The van der Waals surface area contributed by atoms with Gasteiger partial charge in [0, 0.05) is 25.3 Å². The molecule has 0 bridgehead atoms. The molecule has 9 heteroatoms. The second-order valence-corrected chi connectivity index (χ2v) is 5.79. The van der Waals surface area contributed by atoms with Gasteiger partial charge in [-0.25, -0.2) is 4.98 Å². The summed E-state index contributed by atoms with van der Waals surface area (Å²) in [7, 11) is 1.50. The smallest absolute Gasteiger partial charge is 0.257 e. The number of amides is 1. The Kier molecular flexibility index (Phi) is 3.88. The van der Waals surface area contributed by atoms with E-state index in [1.807, 2.05) is 12.1 Å². The molecule has 0 saturated carbocycles. The number of nitrogens with one attached hydrogen (secondary N) is 1. The van der Waals surface area contributed by atoms with Crippen LogP contribution in [0.15, 0.2) is 36.8 Å². The fourth-order valence-electron chi connectivity index (χ4n) is 2.96. The lowest BCUT2D eigenvalue weighted by Gasteiger charge is -2.18. The van der Waals surface area contributed by atoms with Gasteiger partial charge in [0.25, 0.3) is 5.91 Å². The molecule has 1 aliphatic rings. The van der Waals surface area contributed by atoms with Crippen molar-refractivity contribution in [3.05, 3.63) is 42.4 Å². The Bertz CT molecular complexity index is 910. The fourth-order valence-corrected chi connectivity index (χ4v) is 2.96. The van der Waals surface area contributed by atoms with Gasteiger partial charge in [-0.2, -0.15) is 4.52 Å². The fraction of sp³-hybridized carbons (Fsp3) is 0.312. The highest BCUT2D eigenvalue weighted by atomic mass is 16.5. The first-order valence-electron chi connectivity index (χ1n) is 7.96. The van der Waals surface area contributed by atoms with Gasteiger partial charge < -0.3 is 15.0 Å². The molecule has 1 unspecified atom stereocenters. The van der Waals surface area contributed by atoms with Crippen LogP contribution in [0.25, 0.3) is 5.65 Å². The molecule has 4 rings (SSSR count). The van der Waals surface area contributed by atoms with E-state index in [0.717, 1.165) is 18.8 Å². The van der Waals surface area contributed by atoms with E-state index in [2.05, 4.69) is 30.5 Å². The quantitative estimate of drug-likeness (QED) is 0.741. The molecule has 1 atom stereocenters. The van der Waals surface area contributed by atoms with Crippen LogP contribution in [-0.4, -0.2) is 56.9 Å². The van der Waals surface area contributed by atoms with Gasteiger partial charge in [-0.15, -0.1) is 15.3 Å². The first-order chi connectivity index (χ1) is 12.2. The highest BCUT2D eigenvalue weighted by Gasteiger charge is 2.26. The van der Waals surface area contributed by atoms with Crippen LogP contribution in [0.3, 0.4) is 0 Å². The molecule has 25 heavy (non-hydrogen) atoms. The maximum absolute atomic E-state index is 12.5. The minimum atomic E-state index is -0.181. The first-order valence-corrected chi connectivity index (χ1v) is 7.96. The van der Waals surface area contributed by atoms with Crippen molar-refractivity contribution in [2.75, 3.05) is 25.1 Å². The Hall–Kier alpha value is -3.23. The second kappa shape index (κ2) is 6.34. The van der Waals surface area contributed by atoms with E-state index in [4.69, 9.17) is 4.74 Å². The summed E-state index contributed by atoms with van der Waals surface area (Å²) in [5.41, 5.74) is 1.14. The van der Waals surface area contributed by atoms with E-state index < -0.39 is 0 Å². The number of pyridine rings is 1. The monoisotopic (exact) mass is 339 g/mol. The number of methoxy groups -OCH3 is 1. The van der Waals surface area contributed by atoms with Gasteiger partial charge in [0.2, 0.25) is 5.88 Å². The number of anilines is 1. The molecule has 3 aromatic heterocycles. The third-order valence-corrected chi connectivity index (χ3v) is 4.20. The van der Waals surface area contributed by atoms with Crippen molar-refractivity contribution in [1.82, 2.24) is 30.1 Å². The van der Waals surface area contributed by atoms with Crippen LogP contribution in [0, 0.1) is 0 Å². The predicted octanol–water partition coefficient (Wildman–Crippen LogP) is 0.537. The highest BCUT2D eigenvalue weighted by Crippen LogP contribution is 2.19. The molecule has 4 heterocycles. The topological polar surface area (TPSA) is 97.5 Å². The van der Waals surface area contributed by atoms with Gasteiger partial charge in [-0.05, 0) is 30.7 Å². The second-order valence-electron chi connectivity index (χ2n) is 5.79. The average molecular weight is 339 g/mol. The predicted molar refractivity (Wildman–Crippen MR) is 89.7 cm³/mol. The first kappa shape index (κ1) is 15.3. The third-order valence-electron chi connectivity index (χ3n) is 4.20. The summed E-state index contributed by atoms with van der Waals surface area (Å²) in [5, 5.41) is 15.3. The van der Waals surface area contributed by atoms with Crippen LogP contribution in [0.4, 0.5) is 5.82 Å². The Morgan fingerprint density at radius 3 is 3.16 bits per heavy atom. The lowest BCUT2D eigenvalue weighted by molar-refractivity contribution is 0.0936. The summed E-state index contributed by atoms with van der Waals surface area (Å²) >= 11 is 0. The lowest BCUT2D eigenvalue weighted by Crippen LogP contribution is -2.37. The minimum Gasteiger partial charge on any atom is -0.480 e. The molecule has 0 radical (unpaired) electrons. The summed E-state index contributed by atoms with van der Waals surface area (Å²) in [6, 6.07) is 7.25. The molecule has 3 aromatic rings. The van der Waals surface area contributed by atoms with Crippen molar-refractivity contribution in [1.29, 1.82) is 0 Å². The number of fused-ring (bicyclic) bond motifs is 1. The maximum Gasteiger partial charge on any atom is 0.257 e. The van der Waals surface area contributed by atoms with Gasteiger partial charge in [-0.1, -0.05) is 0 Å². The number of hydrogen-bond donors (Lipinski definition) is 1. The molecule has 0 aromatic carbocycles. The molecular weight excluding hydrogens is 322 g/mol. The standard InChI is InChI=1S/C16H17N7O2/c1-25-16-12(3-2-7-17-16)15(24)19-11-6-8-22(9-11)14-5-4-13-20-18-10-23(13)21-14/h2-5,7,10-11H,6,8-9H2,1H3,(H,19,24). The van der Waals surface area contributed by atoms with E-state index in [1.165, 1.54) is 7.11 Å². The minimum absolute atomic E-state index is 0.0378. The summed E-state index contributed by atoms with van der Waals surface area (Å²) in [6.45, 7) is 1.50. The zero-order valence-corrected chi connectivity index (χ0v) is 13.7. The van der Waals surface area contributed by atoms with Gasteiger partial charge in [-0.3, -0.25) is 4.79 Å². The number of hydrogen-bond acceptors (Lipinski definition) is 7. The summed E-state index contributed by atoms with van der Waals surface area (Å²) in [5.74, 6) is 0.983. The SMILES string of the molecule is COc1ncccc1C(=O)NC1CCN(c2ccc3nncn3n2)C1. The van der Waals surface area contributed by atoms with Crippen LogP contribution in [0.2, 0.25) is 0 Å². The van der Waals surface area contributed by atoms with Crippen molar-refractivity contribution in [3.8, 4) is 5.88 Å².